The molecule has 134 valence electrons. The molecular weight excluding hydrogens is 366 g/mol. The number of aromatic nitrogens is 4. The molecule has 0 aliphatic heterocycles. The predicted octanol–water partition coefficient (Wildman–Crippen LogP) is 4.19. The van der Waals surface area contributed by atoms with Crippen LogP contribution in [0.2, 0.25) is 0 Å². The number of nitro groups is 1. The number of para-hydroxylation sites is 1. The summed E-state index contributed by atoms with van der Waals surface area (Å²) in [6.45, 7) is 1.86. The second kappa shape index (κ2) is 7.12. The van der Waals surface area contributed by atoms with E-state index in [-0.39, 0.29) is 5.69 Å². The highest BCUT2D eigenvalue weighted by molar-refractivity contribution is 7.98. The third-order valence-electron chi connectivity index (χ3n) is 3.80. The molecule has 0 radical (unpaired) electrons. The number of benzene rings is 2. The van der Waals surface area contributed by atoms with Gasteiger partial charge in [-0.3, -0.25) is 10.1 Å². The van der Waals surface area contributed by atoms with E-state index in [4.69, 9.17) is 4.42 Å². The third kappa shape index (κ3) is 3.63. The van der Waals surface area contributed by atoms with Crippen molar-refractivity contribution in [1.82, 2.24) is 20.2 Å². The lowest BCUT2D eigenvalue weighted by atomic mass is 10.2. The molecule has 0 spiro atoms. The highest BCUT2D eigenvalue weighted by atomic mass is 32.2. The standard InChI is InChI=1S/C18H13N5O3S/c1-11-19-15-5-3-2-4-14(15)18(20-11)27-10-16-21-22-17(26-16)12-6-8-13(9-7-12)23(24)25/h2-9H,10H2,1H3. The number of nitro benzene ring substituents is 1. The highest BCUT2D eigenvalue weighted by Crippen LogP contribution is 2.29. The fraction of sp³-hybridized carbons (Fsp3) is 0.111. The number of hydrogen-bond donors (Lipinski definition) is 0. The Morgan fingerprint density at radius 2 is 1.85 bits per heavy atom. The monoisotopic (exact) mass is 379 g/mol. The molecule has 8 nitrogen and oxygen atoms in total. The Morgan fingerprint density at radius 1 is 1.07 bits per heavy atom. The lowest BCUT2D eigenvalue weighted by Crippen LogP contribution is -1.93. The molecule has 0 saturated heterocycles. The van der Waals surface area contributed by atoms with Crippen LogP contribution in [0, 0.1) is 17.0 Å². The van der Waals surface area contributed by atoms with Crippen LogP contribution in [0.3, 0.4) is 0 Å². The van der Waals surface area contributed by atoms with Crippen molar-refractivity contribution < 1.29 is 9.34 Å². The second-order valence-corrected chi connectivity index (χ2v) is 6.65. The number of nitrogens with zero attached hydrogens (tertiary/aromatic N) is 5. The Labute approximate surface area is 157 Å². The molecule has 0 N–H and O–H groups in total. The quantitative estimate of drug-likeness (QED) is 0.220. The van der Waals surface area contributed by atoms with Crippen molar-refractivity contribution in [3.05, 3.63) is 70.4 Å². The number of aryl methyl sites for hydroxylation is 1. The fourth-order valence-electron chi connectivity index (χ4n) is 2.55. The molecule has 0 fully saturated rings. The zero-order chi connectivity index (χ0) is 18.8. The van der Waals surface area contributed by atoms with E-state index in [2.05, 4.69) is 20.2 Å². The van der Waals surface area contributed by atoms with Crippen LogP contribution in [0.25, 0.3) is 22.4 Å². The molecule has 4 rings (SSSR count). The molecule has 2 aromatic carbocycles. The summed E-state index contributed by atoms with van der Waals surface area (Å²) in [7, 11) is 0. The number of fused-ring (bicyclic) bond motifs is 1. The van der Waals surface area contributed by atoms with Crippen molar-refractivity contribution in [3.8, 4) is 11.5 Å². The van der Waals surface area contributed by atoms with E-state index in [0.29, 0.717) is 28.9 Å². The smallest absolute Gasteiger partial charge is 0.269 e. The lowest BCUT2D eigenvalue weighted by Gasteiger charge is -2.04. The predicted molar refractivity (Wildman–Crippen MR) is 100 cm³/mol. The van der Waals surface area contributed by atoms with Gasteiger partial charge < -0.3 is 4.42 Å². The van der Waals surface area contributed by atoms with Gasteiger partial charge in [-0.1, -0.05) is 30.0 Å². The van der Waals surface area contributed by atoms with Crippen LogP contribution in [0.1, 0.15) is 11.7 Å². The van der Waals surface area contributed by atoms with Gasteiger partial charge in [0.2, 0.25) is 11.8 Å². The van der Waals surface area contributed by atoms with Gasteiger partial charge in [0.1, 0.15) is 10.9 Å². The number of hydrogen-bond acceptors (Lipinski definition) is 8. The topological polar surface area (TPSA) is 108 Å². The largest absolute Gasteiger partial charge is 0.420 e. The maximum Gasteiger partial charge on any atom is 0.269 e. The number of non-ortho nitro benzene ring substituents is 1. The van der Waals surface area contributed by atoms with E-state index >= 15 is 0 Å². The van der Waals surface area contributed by atoms with Crippen LogP contribution in [0.4, 0.5) is 5.69 Å². The molecule has 0 aliphatic carbocycles. The molecule has 0 bridgehead atoms. The average Bonchev–Trinajstić information content (AvgIpc) is 3.15. The first-order chi connectivity index (χ1) is 13.1. The van der Waals surface area contributed by atoms with Crippen LogP contribution >= 0.6 is 11.8 Å². The van der Waals surface area contributed by atoms with Gasteiger partial charge in [-0.2, -0.15) is 0 Å². The van der Waals surface area contributed by atoms with Gasteiger partial charge in [0.25, 0.3) is 5.69 Å². The van der Waals surface area contributed by atoms with Crippen LogP contribution < -0.4 is 0 Å². The Balaban J connectivity index is 1.53. The van der Waals surface area contributed by atoms with E-state index in [1.165, 1.54) is 23.9 Å². The van der Waals surface area contributed by atoms with Gasteiger partial charge >= 0.3 is 0 Å². The molecule has 9 heteroatoms. The molecule has 2 aromatic heterocycles. The molecule has 0 amide bonds. The Kier molecular flexibility index (Phi) is 4.51. The summed E-state index contributed by atoms with van der Waals surface area (Å²) in [5, 5.41) is 20.6. The first-order valence-electron chi connectivity index (χ1n) is 8.03. The summed E-state index contributed by atoms with van der Waals surface area (Å²) in [5.74, 6) is 1.94. The van der Waals surface area contributed by atoms with Gasteiger partial charge in [0, 0.05) is 23.1 Å². The van der Waals surface area contributed by atoms with Crippen LogP contribution in [-0.2, 0) is 5.75 Å². The summed E-state index contributed by atoms with van der Waals surface area (Å²) < 4.78 is 5.68. The molecule has 0 aliphatic rings. The van der Waals surface area contributed by atoms with E-state index in [1.807, 2.05) is 31.2 Å². The molecule has 0 unspecified atom stereocenters. The molecule has 2 heterocycles. The van der Waals surface area contributed by atoms with Gasteiger partial charge in [-0.05, 0) is 25.1 Å². The maximum atomic E-state index is 10.7. The van der Waals surface area contributed by atoms with E-state index in [9.17, 15) is 10.1 Å². The van der Waals surface area contributed by atoms with Gasteiger partial charge in [0.15, 0.2) is 0 Å². The van der Waals surface area contributed by atoms with Crippen LogP contribution in [0.5, 0.6) is 0 Å². The zero-order valence-corrected chi connectivity index (χ0v) is 15.0. The minimum atomic E-state index is -0.451. The third-order valence-corrected chi connectivity index (χ3v) is 4.78. The normalized spacial score (nSPS) is 11.0. The summed E-state index contributed by atoms with van der Waals surface area (Å²) in [6, 6.07) is 13.8. The van der Waals surface area contributed by atoms with Crippen molar-refractivity contribution in [1.29, 1.82) is 0 Å². The van der Waals surface area contributed by atoms with Gasteiger partial charge in [0.05, 0.1) is 16.2 Å². The van der Waals surface area contributed by atoms with Gasteiger partial charge in [-0.25, -0.2) is 9.97 Å². The summed E-state index contributed by atoms with van der Waals surface area (Å²) >= 11 is 1.50. The second-order valence-electron chi connectivity index (χ2n) is 5.69. The summed E-state index contributed by atoms with van der Waals surface area (Å²) in [6.07, 6.45) is 0. The molecule has 27 heavy (non-hydrogen) atoms. The first-order valence-corrected chi connectivity index (χ1v) is 9.02. The number of rotatable bonds is 5. The zero-order valence-electron chi connectivity index (χ0n) is 14.2. The SMILES string of the molecule is Cc1nc(SCc2nnc(-c3ccc([N+](=O)[O-])cc3)o2)c2ccccc2n1. The van der Waals surface area contributed by atoms with Crippen molar-refractivity contribution >= 4 is 28.4 Å². The van der Waals surface area contributed by atoms with Crippen molar-refractivity contribution in [2.24, 2.45) is 0 Å². The minimum Gasteiger partial charge on any atom is -0.420 e. The number of thioether (sulfide) groups is 1. The Bertz CT molecular complexity index is 1130. The van der Waals surface area contributed by atoms with Gasteiger partial charge in [-0.15, -0.1) is 10.2 Å². The first kappa shape index (κ1) is 17.1. The molecular formula is C18H13N5O3S. The molecule has 0 atom stereocenters. The van der Waals surface area contributed by atoms with Crippen LogP contribution in [-0.4, -0.2) is 25.1 Å². The average molecular weight is 379 g/mol. The minimum absolute atomic E-state index is 0.0139. The van der Waals surface area contributed by atoms with Crippen molar-refractivity contribution in [2.75, 3.05) is 0 Å². The Hall–Kier alpha value is -3.33. The highest BCUT2D eigenvalue weighted by Gasteiger charge is 2.13. The van der Waals surface area contributed by atoms with Crippen molar-refractivity contribution in [2.45, 2.75) is 17.7 Å². The van der Waals surface area contributed by atoms with E-state index < -0.39 is 4.92 Å². The molecule has 4 aromatic rings. The summed E-state index contributed by atoms with van der Waals surface area (Å²) in [4.78, 5) is 19.2. The summed E-state index contributed by atoms with van der Waals surface area (Å²) in [5.41, 5.74) is 1.54. The maximum absolute atomic E-state index is 10.7. The van der Waals surface area contributed by atoms with Crippen LogP contribution in [0.15, 0.2) is 58.0 Å². The lowest BCUT2D eigenvalue weighted by molar-refractivity contribution is -0.384. The van der Waals surface area contributed by atoms with E-state index in [0.717, 1.165) is 15.9 Å². The Morgan fingerprint density at radius 3 is 2.63 bits per heavy atom. The van der Waals surface area contributed by atoms with E-state index in [1.54, 1.807) is 12.1 Å². The fourth-order valence-corrected chi connectivity index (χ4v) is 3.45. The molecule has 0 saturated carbocycles. The van der Waals surface area contributed by atoms with Crippen molar-refractivity contribution in [3.63, 3.8) is 0 Å².